The number of aliphatic carboxylic acids is 1. The van der Waals surface area contributed by atoms with E-state index in [2.05, 4.69) is 5.32 Å². The Morgan fingerprint density at radius 2 is 2.00 bits per heavy atom. The normalized spacial score (nSPS) is 9.74. The van der Waals surface area contributed by atoms with E-state index in [4.69, 9.17) is 9.47 Å². The number of carbonyl (C=O) groups excluding carboxylic acids is 2. The molecule has 1 rings (SSSR count). The lowest BCUT2D eigenvalue weighted by Gasteiger charge is -2.09. The van der Waals surface area contributed by atoms with Gasteiger partial charge in [0, 0.05) is 18.5 Å². The minimum absolute atomic E-state index is 0.0819. The van der Waals surface area contributed by atoms with Crippen LogP contribution in [0.3, 0.4) is 0 Å². The Labute approximate surface area is 111 Å². The second kappa shape index (κ2) is 7.97. The zero-order chi connectivity index (χ0) is 14.1. The molecule has 0 aliphatic rings. The molecule has 0 bridgehead atoms. The number of methoxy groups -OCH3 is 1. The van der Waals surface area contributed by atoms with E-state index < -0.39 is 5.97 Å². The average Bonchev–Trinajstić information content (AvgIpc) is 2.41. The fourth-order valence-corrected chi connectivity index (χ4v) is 1.35. The number of carboxylic acids is 1. The molecule has 0 aliphatic heterocycles. The van der Waals surface area contributed by atoms with Gasteiger partial charge in [0.25, 0.3) is 0 Å². The van der Waals surface area contributed by atoms with Crippen molar-refractivity contribution in [2.45, 2.75) is 12.8 Å². The van der Waals surface area contributed by atoms with Crippen LogP contribution < -0.4 is 19.9 Å². The van der Waals surface area contributed by atoms with E-state index >= 15 is 0 Å². The molecular formula is C13H16NO5-. The summed E-state index contributed by atoms with van der Waals surface area (Å²) in [5, 5.41) is 12.7. The first-order valence-electron chi connectivity index (χ1n) is 5.85. The summed E-state index contributed by atoms with van der Waals surface area (Å²) in [5.74, 6) is -0.236. The highest BCUT2D eigenvalue weighted by molar-refractivity contribution is 5.79. The number of benzene rings is 1. The molecule has 0 radical (unpaired) electrons. The molecule has 0 heterocycles. The molecule has 0 spiro atoms. The number of hydrogen-bond acceptors (Lipinski definition) is 5. The summed E-state index contributed by atoms with van der Waals surface area (Å²) in [6, 6.07) is 7.11. The Hall–Kier alpha value is -2.24. The average molecular weight is 266 g/mol. The van der Waals surface area contributed by atoms with Crippen LogP contribution in [0.4, 0.5) is 0 Å². The third kappa shape index (κ3) is 6.30. The van der Waals surface area contributed by atoms with Crippen molar-refractivity contribution in [3.8, 4) is 11.5 Å². The second-order valence-electron chi connectivity index (χ2n) is 3.75. The van der Waals surface area contributed by atoms with Crippen LogP contribution in [0, 0.1) is 0 Å². The summed E-state index contributed by atoms with van der Waals surface area (Å²) >= 11 is 0. The van der Waals surface area contributed by atoms with Gasteiger partial charge in [0.05, 0.1) is 13.7 Å². The fraction of sp³-hybridized carbons (Fsp3) is 0.385. The Bertz CT molecular complexity index is 433. The van der Waals surface area contributed by atoms with E-state index in [9.17, 15) is 14.7 Å². The number of rotatable bonds is 8. The lowest BCUT2D eigenvalue weighted by atomic mass is 10.3. The number of hydrogen-bond donors (Lipinski definition) is 1. The van der Waals surface area contributed by atoms with Gasteiger partial charge in [-0.3, -0.25) is 4.79 Å². The molecule has 0 fully saturated rings. The van der Waals surface area contributed by atoms with E-state index in [0.717, 1.165) is 0 Å². The van der Waals surface area contributed by atoms with E-state index in [-0.39, 0.29) is 18.7 Å². The number of carboxylic acid groups (broad SMARTS) is 1. The van der Waals surface area contributed by atoms with Crippen molar-refractivity contribution < 1.29 is 24.2 Å². The Morgan fingerprint density at radius 3 is 2.68 bits per heavy atom. The van der Waals surface area contributed by atoms with Gasteiger partial charge in [-0.25, -0.2) is 0 Å². The summed E-state index contributed by atoms with van der Waals surface area (Å²) in [6.45, 7) is 0.604. The van der Waals surface area contributed by atoms with Crippen LogP contribution in [0.25, 0.3) is 0 Å². The third-order valence-corrected chi connectivity index (χ3v) is 2.29. The summed E-state index contributed by atoms with van der Waals surface area (Å²) in [4.78, 5) is 21.3. The van der Waals surface area contributed by atoms with Gasteiger partial charge in [0.15, 0.2) is 0 Å². The van der Waals surface area contributed by atoms with Crippen molar-refractivity contribution in [2.24, 2.45) is 0 Å². The summed E-state index contributed by atoms with van der Waals surface area (Å²) in [5.41, 5.74) is 0. The number of ether oxygens (including phenoxy) is 2. The predicted octanol–water partition coefficient (Wildman–Crippen LogP) is -0.280. The van der Waals surface area contributed by atoms with Crippen LogP contribution in [0.2, 0.25) is 0 Å². The van der Waals surface area contributed by atoms with Gasteiger partial charge in [-0.05, 0) is 18.6 Å². The number of amides is 1. The zero-order valence-electron chi connectivity index (χ0n) is 10.7. The molecule has 104 valence electrons. The van der Waals surface area contributed by atoms with Gasteiger partial charge in [-0.2, -0.15) is 0 Å². The minimum Gasteiger partial charge on any atom is -0.550 e. The molecule has 1 amide bonds. The van der Waals surface area contributed by atoms with Crippen LogP contribution in [-0.4, -0.2) is 32.1 Å². The summed E-state index contributed by atoms with van der Waals surface area (Å²) < 4.78 is 10.4. The Morgan fingerprint density at radius 1 is 1.26 bits per heavy atom. The molecule has 1 N–H and O–H groups in total. The van der Waals surface area contributed by atoms with Crippen molar-refractivity contribution in [1.29, 1.82) is 0 Å². The van der Waals surface area contributed by atoms with Crippen molar-refractivity contribution >= 4 is 11.9 Å². The second-order valence-corrected chi connectivity index (χ2v) is 3.75. The number of carbonyl (C=O) groups is 2. The maximum Gasteiger partial charge on any atom is 0.220 e. The zero-order valence-corrected chi connectivity index (χ0v) is 10.7. The van der Waals surface area contributed by atoms with E-state index in [1.54, 1.807) is 31.4 Å². The van der Waals surface area contributed by atoms with Gasteiger partial charge >= 0.3 is 0 Å². The van der Waals surface area contributed by atoms with Crippen molar-refractivity contribution in [3.05, 3.63) is 24.3 Å². The highest BCUT2D eigenvalue weighted by atomic mass is 16.5. The van der Waals surface area contributed by atoms with Gasteiger partial charge in [-0.15, -0.1) is 0 Å². The molecule has 0 saturated carbocycles. The molecule has 0 unspecified atom stereocenters. The van der Waals surface area contributed by atoms with Crippen molar-refractivity contribution in [3.63, 3.8) is 0 Å². The van der Waals surface area contributed by atoms with E-state index in [1.165, 1.54) is 0 Å². The highest BCUT2D eigenvalue weighted by Crippen LogP contribution is 2.18. The molecule has 19 heavy (non-hydrogen) atoms. The molecule has 0 saturated heterocycles. The van der Waals surface area contributed by atoms with Crippen LogP contribution in [-0.2, 0) is 9.59 Å². The molecule has 0 atom stereocenters. The molecule has 0 aromatic heterocycles. The van der Waals surface area contributed by atoms with Gasteiger partial charge in [0.2, 0.25) is 5.91 Å². The first-order valence-corrected chi connectivity index (χ1v) is 5.85. The topological polar surface area (TPSA) is 87.7 Å². The first-order chi connectivity index (χ1) is 9.11. The van der Waals surface area contributed by atoms with Crippen LogP contribution in [0.1, 0.15) is 12.8 Å². The highest BCUT2D eigenvalue weighted by Gasteiger charge is 2.01. The Balaban J connectivity index is 2.19. The smallest absolute Gasteiger partial charge is 0.220 e. The monoisotopic (exact) mass is 266 g/mol. The lowest BCUT2D eigenvalue weighted by Crippen LogP contribution is -2.30. The molecule has 0 aliphatic carbocycles. The molecule has 1 aromatic rings. The van der Waals surface area contributed by atoms with Gasteiger partial charge in [0.1, 0.15) is 18.1 Å². The quantitative estimate of drug-likeness (QED) is 0.654. The SMILES string of the molecule is COc1cccc(OCCNC(=O)CCC(=O)[O-])c1. The molecular weight excluding hydrogens is 250 g/mol. The maximum atomic E-state index is 11.2. The standard InChI is InChI=1S/C13H17NO5/c1-18-10-3-2-4-11(9-10)19-8-7-14-12(15)5-6-13(16)17/h2-4,9H,5-8H2,1H3,(H,14,15)(H,16,17)/p-1. The van der Waals surface area contributed by atoms with Crippen LogP contribution in [0.15, 0.2) is 24.3 Å². The van der Waals surface area contributed by atoms with Crippen LogP contribution >= 0.6 is 0 Å². The van der Waals surface area contributed by atoms with E-state index in [1.807, 2.05) is 0 Å². The first kappa shape index (κ1) is 14.8. The summed E-state index contributed by atoms with van der Waals surface area (Å²) in [6.07, 6.45) is -0.357. The fourth-order valence-electron chi connectivity index (χ4n) is 1.35. The summed E-state index contributed by atoms with van der Waals surface area (Å²) in [7, 11) is 1.57. The van der Waals surface area contributed by atoms with Gasteiger partial charge in [-0.1, -0.05) is 6.07 Å². The van der Waals surface area contributed by atoms with Crippen molar-refractivity contribution in [2.75, 3.05) is 20.3 Å². The third-order valence-electron chi connectivity index (χ3n) is 2.29. The maximum absolute atomic E-state index is 11.2. The van der Waals surface area contributed by atoms with Gasteiger partial charge < -0.3 is 24.7 Å². The lowest BCUT2D eigenvalue weighted by molar-refractivity contribution is -0.305. The molecule has 6 nitrogen and oxygen atoms in total. The largest absolute Gasteiger partial charge is 0.550 e. The predicted molar refractivity (Wildman–Crippen MR) is 65.7 cm³/mol. The molecule has 6 heteroatoms. The molecule has 1 aromatic carbocycles. The Kier molecular flexibility index (Phi) is 6.21. The minimum atomic E-state index is -1.23. The van der Waals surface area contributed by atoms with Crippen LogP contribution in [0.5, 0.6) is 11.5 Å². The van der Waals surface area contributed by atoms with E-state index in [0.29, 0.717) is 24.7 Å². The van der Waals surface area contributed by atoms with Crippen molar-refractivity contribution in [1.82, 2.24) is 5.32 Å². The number of nitrogens with one attached hydrogen (secondary N) is 1.